The van der Waals surface area contributed by atoms with Crippen molar-refractivity contribution >= 4 is 29.3 Å². The van der Waals surface area contributed by atoms with Gasteiger partial charge in [-0.3, -0.25) is 0 Å². The lowest BCUT2D eigenvalue weighted by Crippen LogP contribution is -2.37. The fourth-order valence-electron chi connectivity index (χ4n) is 4.47. The molecule has 3 aromatic carbocycles. The third-order valence-electron chi connectivity index (χ3n) is 6.04. The number of esters is 1. The molecule has 1 aliphatic heterocycles. The molecule has 4 aromatic rings. The van der Waals surface area contributed by atoms with Crippen molar-refractivity contribution in [3.63, 3.8) is 0 Å². The van der Waals surface area contributed by atoms with Gasteiger partial charge in [0.15, 0.2) is 0 Å². The number of carbonyl (C=O) groups excluding carboxylic acids is 2. The molecule has 1 unspecified atom stereocenters. The molecule has 1 N–H and O–H groups in total. The molecular weight excluding hydrogens is 462 g/mol. The van der Waals surface area contributed by atoms with Gasteiger partial charge in [0.25, 0.3) is 0 Å². The quantitative estimate of drug-likeness (QED) is 0.338. The standard InChI is InChI=1S/C28H24ClN3O3/c1-2-35-27(33)19-12-14-23(15-13-19)30-28(34)32-18-21-7-3-4-10-24(21)31-16-6-11-25(31)26(32)20-8-5-9-22(29)17-20/h3-17,26H,2,18H2,1H3,(H,30,34). The second-order valence-corrected chi connectivity index (χ2v) is 8.68. The molecule has 0 radical (unpaired) electrons. The van der Waals surface area contributed by atoms with E-state index in [0.29, 0.717) is 29.4 Å². The van der Waals surface area contributed by atoms with E-state index in [2.05, 4.69) is 16.0 Å². The maximum absolute atomic E-state index is 13.7. The maximum atomic E-state index is 13.7. The van der Waals surface area contributed by atoms with Crippen LogP contribution in [0.25, 0.3) is 5.69 Å². The van der Waals surface area contributed by atoms with Gasteiger partial charge in [0.05, 0.1) is 30.4 Å². The summed E-state index contributed by atoms with van der Waals surface area (Å²) < 4.78 is 7.17. The monoisotopic (exact) mass is 485 g/mol. The number of halogens is 1. The summed E-state index contributed by atoms with van der Waals surface area (Å²) in [5, 5.41) is 3.61. The predicted molar refractivity (Wildman–Crippen MR) is 136 cm³/mol. The highest BCUT2D eigenvalue weighted by molar-refractivity contribution is 6.30. The SMILES string of the molecule is CCOC(=O)c1ccc(NC(=O)N2Cc3ccccc3-n3cccc3C2c2cccc(Cl)c2)cc1. The number of carbonyl (C=O) groups is 2. The van der Waals surface area contributed by atoms with Crippen LogP contribution in [0.1, 0.15) is 40.1 Å². The van der Waals surface area contributed by atoms with Crippen LogP contribution in [0.15, 0.2) is 91.1 Å². The van der Waals surface area contributed by atoms with Crippen LogP contribution >= 0.6 is 11.6 Å². The lowest BCUT2D eigenvalue weighted by atomic mass is 10.0. The Morgan fingerprint density at radius 3 is 2.57 bits per heavy atom. The Morgan fingerprint density at radius 1 is 1.00 bits per heavy atom. The number of para-hydroxylation sites is 1. The summed E-state index contributed by atoms with van der Waals surface area (Å²) in [5.74, 6) is -0.392. The molecule has 0 aliphatic carbocycles. The third kappa shape index (κ3) is 4.53. The van der Waals surface area contributed by atoms with Crippen LogP contribution in [0, 0.1) is 0 Å². The zero-order valence-electron chi connectivity index (χ0n) is 19.1. The minimum Gasteiger partial charge on any atom is -0.462 e. The van der Waals surface area contributed by atoms with Crippen molar-refractivity contribution in [3.8, 4) is 5.69 Å². The van der Waals surface area contributed by atoms with Crippen molar-refractivity contribution in [2.45, 2.75) is 19.5 Å². The Labute approximate surface area is 208 Å². The highest BCUT2D eigenvalue weighted by Crippen LogP contribution is 2.37. The molecule has 2 amide bonds. The summed E-state index contributed by atoms with van der Waals surface area (Å²) in [4.78, 5) is 27.5. The first-order valence-electron chi connectivity index (χ1n) is 11.4. The lowest BCUT2D eigenvalue weighted by Gasteiger charge is -2.31. The number of aromatic nitrogens is 1. The molecule has 0 saturated carbocycles. The van der Waals surface area contributed by atoms with Gasteiger partial charge >= 0.3 is 12.0 Å². The van der Waals surface area contributed by atoms with Crippen LogP contribution in [0.2, 0.25) is 5.02 Å². The molecule has 0 spiro atoms. The van der Waals surface area contributed by atoms with Crippen molar-refractivity contribution in [1.29, 1.82) is 0 Å². The number of hydrogen-bond donors (Lipinski definition) is 1. The fraction of sp³-hybridized carbons (Fsp3) is 0.143. The lowest BCUT2D eigenvalue weighted by molar-refractivity contribution is 0.0526. The maximum Gasteiger partial charge on any atom is 0.338 e. The Bertz CT molecular complexity index is 1380. The zero-order valence-corrected chi connectivity index (χ0v) is 19.9. The third-order valence-corrected chi connectivity index (χ3v) is 6.27. The van der Waals surface area contributed by atoms with Gasteiger partial charge in [-0.25, -0.2) is 9.59 Å². The van der Waals surface area contributed by atoms with Crippen molar-refractivity contribution in [2.75, 3.05) is 11.9 Å². The topological polar surface area (TPSA) is 63.6 Å². The molecule has 0 saturated heterocycles. The molecule has 2 heterocycles. The van der Waals surface area contributed by atoms with E-state index >= 15 is 0 Å². The molecule has 5 rings (SSSR count). The number of rotatable bonds is 4. The van der Waals surface area contributed by atoms with E-state index in [0.717, 1.165) is 22.5 Å². The van der Waals surface area contributed by atoms with Crippen molar-refractivity contribution in [3.05, 3.63) is 119 Å². The van der Waals surface area contributed by atoms with Gasteiger partial charge < -0.3 is 19.5 Å². The van der Waals surface area contributed by atoms with Crippen LogP contribution in [0.4, 0.5) is 10.5 Å². The van der Waals surface area contributed by atoms with Crippen molar-refractivity contribution < 1.29 is 14.3 Å². The van der Waals surface area contributed by atoms with Crippen LogP contribution in [-0.2, 0) is 11.3 Å². The normalized spacial score (nSPS) is 14.5. The predicted octanol–water partition coefficient (Wildman–Crippen LogP) is 6.44. The molecule has 1 aromatic heterocycles. The molecular formula is C28H24ClN3O3. The molecule has 6 nitrogen and oxygen atoms in total. The highest BCUT2D eigenvalue weighted by Gasteiger charge is 2.33. The fourth-order valence-corrected chi connectivity index (χ4v) is 4.66. The summed E-state index contributed by atoms with van der Waals surface area (Å²) in [6.45, 7) is 2.47. The highest BCUT2D eigenvalue weighted by atomic mass is 35.5. The number of urea groups is 1. The van der Waals surface area contributed by atoms with Crippen molar-refractivity contribution in [1.82, 2.24) is 9.47 Å². The summed E-state index contributed by atoms with van der Waals surface area (Å²) in [5.41, 5.74) is 4.96. The van der Waals surface area contributed by atoms with Gasteiger partial charge in [-0.1, -0.05) is 41.9 Å². The Hall–Kier alpha value is -4.03. The number of hydrogen-bond acceptors (Lipinski definition) is 3. The minimum atomic E-state index is -0.392. The molecule has 35 heavy (non-hydrogen) atoms. The van der Waals surface area contributed by atoms with E-state index in [-0.39, 0.29) is 12.1 Å². The number of ether oxygens (including phenoxy) is 1. The first kappa shape index (κ1) is 22.7. The first-order valence-corrected chi connectivity index (χ1v) is 11.8. The average molecular weight is 486 g/mol. The molecule has 0 bridgehead atoms. The molecule has 0 fully saturated rings. The van der Waals surface area contributed by atoms with E-state index < -0.39 is 5.97 Å². The van der Waals surface area contributed by atoms with E-state index in [1.165, 1.54) is 0 Å². The van der Waals surface area contributed by atoms with Gasteiger partial charge in [0, 0.05) is 22.6 Å². The number of anilines is 1. The molecule has 1 atom stereocenters. The minimum absolute atomic E-state index is 0.261. The van der Waals surface area contributed by atoms with E-state index in [1.54, 1.807) is 31.2 Å². The smallest absolute Gasteiger partial charge is 0.338 e. The van der Waals surface area contributed by atoms with E-state index in [4.69, 9.17) is 16.3 Å². The second kappa shape index (κ2) is 9.68. The number of nitrogens with one attached hydrogen (secondary N) is 1. The Kier molecular flexibility index (Phi) is 6.29. The summed E-state index contributed by atoms with van der Waals surface area (Å²) in [7, 11) is 0. The van der Waals surface area contributed by atoms with Gasteiger partial charge in [-0.15, -0.1) is 0 Å². The van der Waals surface area contributed by atoms with Crippen LogP contribution in [-0.4, -0.2) is 28.1 Å². The molecule has 176 valence electrons. The number of nitrogens with zero attached hydrogens (tertiary/aromatic N) is 2. The average Bonchev–Trinajstić information content (AvgIpc) is 3.28. The summed E-state index contributed by atoms with van der Waals surface area (Å²) in [6.07, 6.45) is 2.02. The summed E-state index contributed by atoms with van der Waals surface area (Å²) in [6, 6.07) is 25.8. The van der Waals surface area contributed by atoms with Crippen LogP contribution in [0.5, 0.6) is 0 Å². The molecule has 1 aliphatic rings. The number of amides is 2. The van der Waals surface area contributed by atoms with Crippen LogP contribution < -0.4 is 5.32 Å². The van der Waals surface area contributed by atoms with Crippen molar-refractivity contribution in [2.24, 2.45) is 0 Å². The Morgan fingerprint density at radius 2 is 1.80 bits per heavy atom. The van der Waals surface area contributed by atoms with Gasteiger partial charge in [0.1, 0.15) is 0 Å². The second-order valence-electron chi connectivity index (χ2n) is 8.25. The van der Waals surface area contributed by atoms with E-state index in [9.17, 15) is 9.59 Å². The first-order chi connectivity index (χ1) is 17.0. The van der Waals surface area contributed by atoms with Gasteiger partial charge in [-0.05, 0) is 72.6 Å². The van der Waals surface area contributed by atoms with Gasteiger partial charge in [0.2, 0.25) is 0 Å². The summed E-state index contributed by atoms with van der Waals surface area (Å²) >= 11 is 6.35. The van der Waals surface area contributed by atoms with Crippen LogP contribution in [0.3, 0.4) is 0 Å². The van der Waals surface area contributed by atoms with Gasteiger partial charge in [-0.2, -0.15) is 0 Å². The largest absolute Gasteiger partial charge is 0.462 e. The molecule has 7 heteroatoms. The van der Waals surface area contributed by atoms with E-state index in [1.807, 2.05) is 65.7 Å². The number of fused-ring (bicyclic) bond motifs is 3. The number of benzene rings is 3. The zero-order chi connectivity index (χ0) is 24.4. The Balaban J connectivity index is 1.53.